The molecule has 0 N–H and O–H groups in total. The Balaban J connectivity index is 1.37. The van der Waals surface area contributed by atoms with E-state index >= 15 is 0 Å². The van der Waals surface area contributed by atoms with Crippen molar-refractivity contribution in [3.8, 4) is 28.7 Å². The molecule has 4 aromatic heterocycles. The maximum absolute atomic E-state index is 11.9. The van der Waals surface area contributed by atoms with Gasteiger partial charge in [-0.2, -0.15) is 19.8 Å². The summed E-state index contributed by atoms with van der Waals surface area (Å²) in [5, 5.41) is 19.6. The molecular weight excluding hydrogens is 480 g/mol. The standard InChI is InChI=1S/C24H24N8O3S/c1-36(33,34)31-15-24(16-31,5-6-25)32-8-4-20(29-32)23-19-3-2-7-26-22(19)9-21(28-23)18-10-27-30(12-18)11-17-13-35-14-17/h2-4,7-10,12,17H,5,11,13-16H2,1H3. The average Bonchev–Trinajstić information content (AvgIpc) is 3.47. The van der Waals surface area contributed by atoms with Crippen LogP contribution >= 0.6 is 0 Å². The first kappa shape index (κ1) is 22.8. The van der Waals surface area contributed by atoms with E-state index in [1.807, 2.05) is 35.1 Å². The molecule has 11 nitrogen and oxygen atoms in total. The van der Waals surface area contributed by atoms with E-state index in [-0.39, 0.29) is 19.5 Å². The summed E-state index contributed by atoms with van der Waals surface area (Å²) in [6.07, 6.45) is 8.64. The number of nitrogens with zero attached hydrogens (tertiary/aromatic N) is 8. The van der Waals surface area contributed by atoms with Crippen LogP contribution in [-0.2, 0) is 26.8 Å². The molecule has 2 fully saturated rings. The molecule has 2 aliphatic rings. The summed E-state index contributed by atoms with van der Waals surface area (Å²) in [6.45, 7) is 2.74. The Morgan fingerprint density at radius 2 is 2.08 bits per heavy atom. The van der Waals surface area contributed by atoms with Crippen LogP contribution in [0.2, 0.25) is 0 Å². The van der Waals surface area contributed by atoms with Crippen molar-refractivity contribution in [2.45, 2.75) is 18.5 Å². The summed E-state index contributed by atoms with van der Waals surface area (Å²) in [4.78, 5) is 9.49. The molecule has 6 heterocycles. The average molecular weight is 505 g/mol. The maximum atomic E-state index is 11.9. The lowest BCUT2D eigenvalue weighted by molar-refractivity contribution is -0.0408. The molecule has 2 aliphatic heterocycles. The van der Waals surface area contributed by atoms with Gasteiger partial charge >= 0.3 is 0 Å². The first-order chi connectivity index (χ1) is 17.3. The quantitative estimate of drug-likeness (QED) is 0.373. The summed E-state index contributed by atoms with van der Waals surface area (Å²) < 4.78 is 34.1. The lowest BCUT2D eigenvalue weighted by Crippen LogP contribution is -2.63. The van der Waals surface area contributed by atoms with Gasteiger partial charge in [-0.05, 0) is 24.3 Å². The molecule has 0 bridgehead atoms. The number of fused-ring (bicyclic) bond motifs is 1. The normalized spacial score (nSPS) is 18.0. The molecular formula is C24H24N8O3S. The molecule has 0 amide bonds. The highest BCUT2D eigenvalue weighted by molar-refractivity contribution is 7.88. The third kappa shape index (κ3) is 3.95. The van der Waals surface area contributed by atoms with Crippen LogP contribution in [0, 0.1) is 17.2 Å². The zero-order valence-electron chi connectivity index (χ0n) is 19.6. The van der Waals surface area contributed by atoms with Gasteiger partial charge in [-0.25, -0.2) is 13.4 Å². The van der Waals surface area contributed by atoms with Gasteiger partial charge in [0.25, 0.3) is 0 Å². The number of ether oxygens (including phenoxy) is 1. The van der Waals surface area contributed by atoms with Crippen molar-refractivity contribution in [3.63, 3.8) is 0 Å². The van der Waals surface area contributed by atoms with E-state index in [2.05, 4.69) is 16.2 Å². The van der Waals surface area contributed by atoms with Crippen LogP contribution in [0.15, 0.2) is 49.1 Å². The maximum Gasteiger partial charge on any atom is 0.211 e. The summed E-state index contributed by atoms with van der Waals surface area (Å²) in [6, 6.07) is 9.79. The highest BCUT2D eigenvalue weighted by Crippen LogP contribution is 2.36. The van der Waals surface area contributed by atoms with Crippen LogP contribution in [0.4, 0.5) is 0 Å². The molecule has 36 heavy (non-hydrogen) atoms. The highest BCUT2D eigenvalue weighted by Gasteiger charge is 2.49. The van der Waals surface area contributed by atoms with Crippen LogP contribution in [0.5, 0.6) is 0 Å². The molecule has 4 aromatic rings. The van der Waals surface area contributed by atoms with Crippen molar-refractivity contribution in [3.05, 3.63) is 49.1 Å². The Hall–Kier alpha value is -3.66. The minimum absolute atomic E-state index is 0.154. The lowest BCUT2D eigenvalue weighted by atomic mass is 9.89. The fourth-order valence-electron chi connectivity index (χ4n) is 4.71. The van der Waals surface area contributed by atoms with Crippen LogP contribution in [0.1, 0.15) is 6.42 Å². The van der Waals surface area contributed by atoms with Crippen molar-refractivity contribution >= 4 is 20.9 Å². The van der Waals surface area contributed by atoms with Gasteiger partial charge < -0.3 is 4.74 Å². The minimum Gasteiger partial charge on any atom is -0.381 e. The van der Waals surface area contributed by atoms with Gasteiger partial charge in [0.1, 0.15) is 16.9 Å². The van der Waals surface area contributed by atoms with Gasteiger partial charge in [-0.15, -0.1) is 0 Å². The zero-order chi connectivity index (χ0) is 24.9. The van der Waals surface area contributed by atoms with Crippen molar-refractivity contribution in [2.75, 3.05) is 32.6 Å². The molecule has 12 heteroatoms. The Labute approximate surface area is 208 Å². The second kappa shape index (κ2) is 8.48. The van der Waals surface area contributed by atoms with Crippen molar-refractivity contribution in [1.29, 1.82) is 5.26 Å². The van der Waals surface area contributed by atoms with Gasteiger partial charge in [0.2, 0.25) is 10.0 Å². The zero-order valence-corrected chi connectivity index (χ0v) is 20.5. The Kier molecular flexibility index (Phi) is 5.36. The third-order valence-corrected chi connectivity index (χ3v) is 8.01. The van der Waals surface area contributed by atoms with E-state index < -0.39 is 15.6 Å². The van der Waals surface area contributed by atoms with Gasteiger partial charge in [-0.3, -0.25) is 14.3 Å². The van der Waals surface area contributed by atoms with Gasteiger partial charge in [0.05, 0.1) is 49.4 Å². The Morgan fingerprint density at radius 3 is 2.81 bits per heavy atom. The second-order valence-corrected chi connectivity index (χ2v) is 11.5. The van der Waals surface area contributed by atoms with Crippen LogP contribution in [-0.4, -0.2) is 74.8 Å². The molecule has 0 aromatic carbocycles. The van der Waals surface area contributed by atoms with E-state index in [1.165, 1.54) is 10.6 Å². The summed E-state index contributed by atoms with van der Waals surface area (Å²) in [5.74, 6) is 0.481. The first-order valence-corrected chi connectivity index (χ1v) is 13.4. The largest absolute Gasteiger partial charge is 0.381 e. The third-order valence-electron chi connectivity index (χ3n) is 6.82. The van der Waals surface area contributed by atoms with Crippen LogP contribution < -0.4 is 0 Å². The first-order valence-electron chi connectivity index (χ1n) is 11.6. The molecule has 0 aliphatic carbocycles. The van der Waals surface area contributed by atoms with Gasteiger partial charge in [-0.1, -0.05) is 0 Å². The minimum atomic E-state index is -3.33. The summed E-state index contributed by atoms with van der Waals surface area (Å²) in [7, 11) is -3.33. The van der Waals surface area contributed by atoms with E-state index in [0.717, 1.165) is 41.9 Å². The highest BCUT2D eigenvalue weighted by atomic mass is 32.2. The van der Waals surface area contributed by atoms with Crippen LogP contribution in [0.3, 0.4) is 0 Å². The number of nitriles is 1. The number of rotatable bonds is 7. The molecule has 0 atom stereocenters. The predicted molar refractivity (Wildman–Crippen MR) is 131 cm³/mol. The van der Waals surface area contributed by atoms with Gasteiger partial charge in [0.15, 0.2) is 0 Å². The van der Waals surface area contributed by atoms with Gasteiger partial charge in [0, 0.05) is 55.1 Å². The fraction of sp³-hybridized carbons (Fsp3) is 0.375. The number of hydrogen-bond acceptors (Lipinski definition) is 8. The molecule has 2 saturated heterocycles. The van der Waals surface area contributed by atoms with Crippen LogP contribution in [0.25, 0.3) is 33.5 Å². The molecule has 0 saturated carbocycles. The summed E-state index contributed by atoms with van der Waals surface area (Å²) in [5.41, 5.74) is 3.00. The van der Waals surface area contributed by atoms with E-state index in [0.29, 0.717) is 17.3 Å². The second-order valence-electron chi connectivity index (χ2n) is 9.52. The van der Waals surface area contributed by atoms with Crippen molar-refractivity contribution in [1.82, 2.24) is 33.8 Å². The fourth-order valence-corrected chi connectivity index (χ4v) is 5.66. The van der Waals surface area contributed by atoms with Crippen molar-refractivity contribution in [2.24, 2.45) is 5.92 Å². The van der Waals surface area contributed by atoms with E-state index in [4.69, 9.17) is 14.8 Å². The Morgan fingerprint density at radius 1 is 1.25 bits per heavy atom. The molecule has 0 unspecified atom stereocenters. The number of hydrogen-bond donors (Lipinski definition) is 0. The topological polar surface area (TPSA) is 132 Å². The summed E-state index contributed by atoms with van der Waals surface area (Å²) >= 11 is 0. The van der Waals surface area contributed by atoms with E-state index in [9.17, 15) is 13.7 Å². The molecule has 0 radical (unpaired) electrons. The number of aromatic nitrogens is 6. The van der Waals surface area contributed by atoms with Crippen molar-refractivity contribution < 1.29 is 13.2 Å². The smallest absolute Gasteiger partial charge is 0.211 e. The predicted octanol–water partition coefficient (Wildman–Crippen LogP) is 1.89. The molecule has 6 rings (SSSR count). The molecule has 0 spiro atoms. The monoisotopic (exact) mass is 504 g/mol. The molecule has 184 valence electrons. The SMILES string of the molecule is CS(=O)(=O)N1CC(CC#N)(n2ccc(-c3nc(-c4cnn(CC5COC5)c4)cc4ncccc34)n2)C1. The Bertz CT molecular complexity index is 1590. The lowest BCUT2D eigenvalue weighted by Gasteiger charge is -2.47. The number of pyridine rings is 2. The van der Waals surface area contributed by atoms with E-state index in [1.54, 1.807) is 23.3 Å². The number of sulfonamides is 1.